The van der Waals surface area contributed by atoms with Crippen molar-refractivity contribution in [1.82, 2.24) is 9.78 Å². The van der Waals surface area contributed by atoms with Crippen molar-refractivity contribution in [2.75, 3.05) is 17.2 Å². The Morgan fingerprint density at radius 3 is 2.82 bits per heavy atom. The van der Waals surface area contributed by atoms with Crippen LogP contribution in [0.2, 0.25) is 0 Å². The summed E-state index contributed by atoms with van der Waals surface area (Å²) in [7, 11) is 2.01. The first-order valence-corrected chi connectivity index (χ1v) is 7.22. The Morgan fingerprint density at radius 2 is 2.18 bits per heavy atom. The van der Waals surface area contributed by atoms with Gasteiger partial charge in [0.05, 0.1) is 5.69 Å². The molecule has 0 aliphatic carbocycles. The molecule has 1 fully saturated rings. The largest absolute Gasteiger partial charge is 0.352 e. The van der Waals surface area contributed by atoms with Gasteiger partial charge in [-0.1, -0.05) is 6.92 Å². The lowest BCUT2D eigenvalue weighted by atomic mass is 10.1. The van der Waals surface area contributed by atoms with Gasteiger partial charge in [0.1, 0.15) is 5.82 Å². The van der Waals surface area contributed by atoms with Crippen molar-refractivity contribution in [2.24, 2.45) is 12.8 Å². The summed E-state index contributed by atoms with van der Waals surface area (Å²) in [5.41, 5.74) is 8.12. The quantitative estimate of drug-likeness (QED) is 0.869. The van der Waals surface area contributed by atoms with Gasteiger partial charge >= 0.3 is 0 Å². The number of aryl methyl sites for hydroxylation is 2. The summed E-state index contributed by atoms with van der Waals surface area (Å²) in [6.45, 7) is 8.28. The molecule has 0 amide bonds. The second-order valence-electron chi connectivity index (χ2n) is 4.73. The van der Waals surface area contributed by atoms with Crippen LogP contribution >= 0.6 is 11.8 Å². The van der Waals surface area contributed by atoms with Crippen LogP contribution in [-0.2, 0) is 13.6 Å². The number of rotatable bonds is 2. The topological polar surface area (TPSA) is 47.1 Å². The molecule has 1 saturated heterocycles. The van der Waals surface area contributed by atoms with E-state index in [1.54, 1.807) is 0 Å². The lowest BCUT2D eigenvalue weighted by molar-refractivity contribution is 0.596. The smallest absolute Gasteiger partial charge is 0.131 e. The van der Waals surface area contributed by atoms with Crippen molar-refractivity contribution in [3.8, 4) is 0 Å². The molecular formula is C12H22N4S. The SMILES string of the molecule is Cc1nn(C)c(N2CCSC(C)C2C)c1CN. The van der Waals surface area contributed by atoms with Crippen LogP contribution in [0.1, 0.15) is 25.1 Å². The number of hydrogen-bond donors (Lipinski definition) is 1. The van der Waals surface area contributed by atoms with Crippen molar-refractivity contribution in [1.29, 1.82) is 0 Å². The van der Waals surface area contributed by atoms with Crippen molar-refractivity contribution >= 4 is 17.6 Å². The average Bonchev–Trinajstić information content (AvgIpc) is 2.57. The van der Waals surface area contributed by atoms with Gasteiger partial charge < -0.3 is 10.6 Å². The zero-order chi connectivity index (χ0) is 12.6. The van der Waals surface area contributed by atoms with E-state index in [2.05, 4.69) is 23.8 Å². The highest BCUT2D eigenvalue weighted by molar-refractivity contribution is 8.00. The van der Waals surface area contributed by atoms with E-state index in [0.717, 1.165) is 12.2 Å². The highest BCUT2D eigenvalue weighted by atomic mass is 32.2. The number of nitrogens with two attached hydrogens (primary N) is 1. The second kappa shape index (κ2) is 4.90. The minimum absolute atomic E-state index is 0.536. The second-order valence-corrected chi connectivity index (χ2v) is 6.21. The van der Waals surface area contributed by atoms with Gasteiger partial charge in [-0.3, -0.25) is 4.68 Å². The standard InChI is InChI=1S/C12H22N4S/c1-8-11(7-13)12(15(4)14-8)16-5-6-17-10(3)9(16)2/h9-10H,5-7,13H2,1-4H3. The maximum atomic E-state index is 5.87. The van der Waals surface area contributed by atoms with E-state index in [9.17, 15) is 0 Å². The molecule has 0 aromatic carbocycles. The fraction of sp³-hybridized carbons (Fsp3) is 0.750. The van der Waals surface area contributed by atoms with Crippen LogP contribution < -0.4 is 10.6 Å². The maximum Gasteiger partial charge on any atom is 0.131 e. The minimum Gasteiger partial charge on any atom is -0.352 e. The predicted molar refractivity (Wildman–Crippen MR) is 74.6 cm³/mol. The molecule has 0 spiro atoms. The summed E-state index contributed by atoms with van der Waals surface area (Å²) in [5, 5.41) is 5.16. The summed E-state index contributed by atoms with van der Waals surface area (Å²) >= 11 is 2.05. The lowest BCUT2D eigenvalue weighted by Crippen LogP contribution is -2.46. The Hall–Kier alpha value is -0.680. The molecule has 1 aliphatic heterocycles. The number of anilines is 1. The summed E-state index contributed by atoms with van der Waals surface area (Å²) in [6.07, 6.45) is 0. The molecule has 2 heterocycles. The lowest BCUT2D eigenvalue weighted by Gasteiger charge is -2.39. The third-order valence-electron chi connectivity index (χ3n) is 3.67. The zero-order valence-electron chi connectivity index (χ0n) is 11.1. The number of thioether (sulfide) groups is 1. The summed E-state index contributed by atoms with van der Waals surface area (Å²) in [6, 6.07) is 0.536. The highest BCUT2D eigenvalue weighted by Gasteiger charge is 2.29. The molecule has 17 heavy (non-hydrogen) atoms. The van der Waals surface area contributed by atoms with Gasteiger partial charge in [0.2, 0.25) is 0 Å². The van der Waals surface area contributed by atoms with Gasteiger partial charge in [-0.2, -0.15) is 16.9 Å². The van der Waals surface area contributed by atoms with Crippen LogP contribution in [0.4, 0.5) is 5.82 Å². The number of hydrogen-bond acceptors (Lipinski definition) is 4. The van der Waals surface area contributed by atoms with Crippen molar-refractivity contribution < 1.29 is 0 Å². The van der Waals surface area contributed by atoms with E-state index in [1.807, 2.05) is 30.4 Å². The van der Waals surface area contributed by atoms with Crippen LogP contribution in [0.25, 0.3) is 0 Å². The Kier molecular flexibility index (Phi) is 3.68. The van der Waals surface area contributed by atoms with Gasteiger partial charge in [-0.05, 0) is 13.8 Å². The first-order valence-electron chi connectivity index (χ1n) is 6.17. The molecular weight excluding hydrogens is 232 g/mol. The van der Waals surface area contributed by atoms with E-state index in [-0.39, 0.29) is 0 Å². The zero-order valence-corrected chi connectivity index (χ0v) is 11.9. The van der Waals surface area contributed by atoms with Crippen LogP contribution in [0.3, 0.4) is 0 Å². The molecule has 1 aliphatic rings. The summed E-state index contributed by atoms with van der Waals surface area (Å²) < 4.78 is 1.98. The minimum atomic E-state index is 0.536. The monoisotopic (exact) mass is 254 g/mol. The molecule has 96 valence electrons. The van der Waals surface area contributed by atoms with Gasteiger partial charge in [0.15, 0.2) is 0 Å². The molecule has 2 rings (SSSR count). The number of nitrogens with zero attached hydrogens (tertiary/aromatic N) is 3. The fourth-order valence-electron chi connectivity index (χ4n) is 2.52. The first-order chi connectivity index (χ1) is 8.06. The molecule has 2 atom stereocenters. The predicted octanol–water partition coefficient (Wildman–Crippen LogP) is 1.52. The van der Waals surface area contributed by atoms with E-state index in [4.69, 9.17) is 5.73 Å². The maximum absolute atomic E-state index is 5.87. The van der Waals surface area contributed by atoms with E-state index in [1.165, 1.54) is 17.1 Å². The summed E-state index contributed by atoms with van der Waals surface area (Å²) in [5.74, 6) is 2.39. The van der Waals surface area contributed by atoms with Crippen LogP contribution in [0.15, 0.2) is 0 Å². The van der Waals surface area contributed by atoms with Crippen LogP contribution in [0, 0.1) is 6.92 Å². The van der Waals surface area contributed by atoms with Crippen LogP contribution in [-0.4, -0.2) is 33.4 Å². The van der Waals surface area contributed by atoms with E-state index in [0.29, 0.717) is 17.8 Å². The van der Waals surface area contributed by atoms with E-state index < -0.39 is 0 Å². The van der Waals surface area contributed by atoms with Crippen molar-refractivity contribution in [3.05, 3.63) is 11.3 Å². The highest BCUT2D eigenvalue weighted by Crippen LogP contribution is 2.31. The van der Waals surface area contributed by atoms with E-state index >= 15 is 0 Å². The molecule has 4 nitrogen and oxygen atoms in total. The molecule has 0 bridgehead atoms. The molecule has 2 N–H and O–H groups in total. The van der Waals surface area contributed by atoms with Gasteiger partial charge in [0, 0.05) is 42.7 Å². The van der Waals surface area contributed by atoms with Crippen molar-refractivity contribution in [2.45, 2.75) is 38.6 Å². The molecule has 1 aromatic rings. The first kappa shape index (κ1) is 12.8. The number of aromatic nitrogens is 2. The third-order valence-corrected chi connectivity index (χ3v) is 5.01. The molecule has 0 saturated carbocycles. The van der Waals surface area contributed by atoms with Gasteiger partial charge in [-0.15, -0.1) is 0 Å². The van der Waals surface area contributed by atoms with Crippen molar-refractivity contribution in [3.63, 3.8) is 0 Å². The summed E-state index contributed by atoms with van der Waals surface area (Å²) in [4.78, 5) is 2.46. The Labute approximate surface area is 108 Å². The Balaban J connectivity index is 2.38. The average molecular weight is 254 g/mol. The third kappa shape index (κ3) is 2.18. The fourth-order valence-corrected chi connectivity index (χ4v) is 3.62. The van der Waals surface area contributed by atoms with Crippen LogP contribution in [0.5, 0.6) is 0 Å². The van der Waals surface area contributed by atoms with Gasteiger partial charge in [-0.25, -0.2) is 0 Å². The molecule has 2 unspecified atom stereocenters. The molecule has 0 radical (unpaired) electrons. The normalized spacial score (nSPS) is 25.4. The Morgan fingerprint density at radius 1 is 1.47 bits per heavy atom. The molecule has 5 heteroatoms. The Bertz CT molecular complexity index is 401. The molecule has 1 aromatic heterocycles. The van der Waals surface area contributed by atoms with Gasteiger partial charge in [0.25, 0.3) is 0 Å².